The largest absolute Gasteiger partial charge is 0.347 e. The third kappa shape index (κ3) is 2.76. The zero-order valence-electron chi connectivity index (χ0n) is 11.8. The highest BCUT2D eigenvalue weighted by atomic mass is 32.1. The summed E-state index contributed by atoms with van der Waals surface area (Å²) in [7, 11) is 0. The third-order valence-corrected chi connectivity index (χ3v) is 4.46. The van der Waals surface area contributed by atoms with Crippen molar-refractivity contribution in [2.75, 3.05) is 6.54 Å². The van der Waals surface area contributed by atoms with Gasteiger partial charge in [0.05, 0.1) is 16.8 Å². The van der Waals surface area contributed by atoms with Crippen LogP contribution in [0.25, 0.3) is 10.2 Å². The van der Waals surface area contributed by atoms with Gasteiger partial charge in [0.1, 0.15) is 5.01 Å². The van der Waals surface area contributed by atoms with Gasteiger partial charge in [-0.05, 0) is 37.2 Å². The Bertz CT molecular complexity index is 665. The maximum absolute atomic E-state index is 4.68. The molecule has 1 aromatic carbocycles. The molecule has 0 aliphatic heterocycles. The standard InChI is InChI=1S/C16H19N3S/c1-3-17-12(2)13-8-9-19(10-13)11-16-18-14-6-4-5-7-15(14)20-16/h4-10,12,17H,3,11H2,1-2H3. The van der Waals surface area contributed by atoms with Crippen LogP contribution in [0, 0.1) is 0 Å². The number of nitrogens with one attached hydrogen (secondary N) is 1. The number of aromatic nitrogens is 2. The van der Waals surface area contributed by atoms with Crippen molar-refractivity contribution in [1.29, 1.82) is 0 Å². The Balaban J connectivity index is 1.77. The number of fused-ring (bicyclic) bond motifs is 1. The van der Waals surface area contributed by atoms with E-state index in [2.05, 4.69) is 65.4 Å². The first-order valence-electron chi connectivity index (χ1n) is 7.00. The van der Waals surface area contributed by atoms with Crippen LogP contribution >= 0.6 is 11.3 Å². The van der Waals surface area contributed by atoms with Crippen LogP contribution in [-0.4, -0.2) is 16.1 Å². The Morgan fingerprint density at radius 1 is 1.30 bits per heavy atom. The van der Waals surface area contributed by atoms with E-state index in [-0.39, 0.29) is 0 Å². The number of nitrogens with zero attached hydrogens (tertiary/aromatic N) is 2. The fourth-order valence-corrected chi connectivity index (χ4v) is 3.36. The van der Waals surface area contributed by atoms with E-state index in [1.54, 1.807) is 11.3 Å². The molecule has 0 spiro atoms. The molecule has 1 N–H and O–H groups in total. The SMILES string of the molecule is CCNC(C)c1ccn(Cc2nc3ccccc3s2)c1. The van der Waals surface area contributed by atoms with E-state index in [1.165, 1.54) is 10.3 Å². The molecule has 0 bridgehead atoms. The van der Waals surface area contributed by atoms with E-state index in [0.717, 1.165) is 23.6 Å². The molecule has 0 aliphatic rings. The highest BCUT2D eigenvalue weighted by Crippen LogP contribution is 2.22. The van der Waals surface area contributed by atoms with E-state index in [9.17, 15) is 0 Å². The van der Waals surface area contributed by atoms with E-state index in [4.69, 9.17) is 0 Å². The molecule has 0 amide bonds. The molecule has 0 saturated carbocycles. The molecule has 0 saturated heterocycles. The second kappa shape index (κ2) is 5.77. The lowest BCUT2D eigenvalue weighted by Crippen LogP contribution is -2.17. The van der Waals surface area contributed by atoms with Crippen molar-refractivity contribution in [2.24, 2.45) is 0 Å². The van der Waals surface area contributed by atoms with Crippen molar-refractivity contribution >= 4 is 21.6 Å². The predicted octanol–water partition coefficient (Wildman–Crippen LogP) is 3.82. The maximum atomic E-state index is 4.68. The van der Waals surface area contributed by atoms with E-state index < -0.39 is 0 Å². The molecule has 2 heterocycles. The highest BCUT2D eigenvalue weighted by Gasteiger charge is 2.07. The average molecular weight is 285 g/mol. The third-order valence-electron chi connectivity index (χ3n) is 3.44. The van der Waals surface area contributed by atoms with Crippen LogP contribution in [-0.2, 0) is 6.54 Å². The molecule has 3 rings (SSSR count). The summed E-state index contributed by atoms with van der Waals surface area (Å²) in [5.74, 6) is 0. The first-order chi connectivity index (χ1) is 9.76. The zero-order valence-corrected chi connectivity index (χ0v) is 12.7. The minimum absolute atomic E-state index is 0.400. The Morgan fingerprint density at radius 2 is 2.15 bits per heavy atom. The summed E-state index contributed by atoms with van der Waals surface area (Å²) in [6.45, 7) is 6.16. The van der Waals surface area contributed by atoms with Crippen LogP contribution in [0.5, 0.6) is 0 Å². The highest BCUT2D eigenvalue weighted by molar-refractivity contribution is 7.18. The first kappa shape index (κ1) is 13.3. The van der Waals surface area contributed by atoms with Crippen molar-refractivity contribution in [1.82, 2.24) is 14.9 Å². The lowest BCUT2D eigenvalue weighted by molar-refractivity contribution is 0.596. The van der Waals surface area contributed by atoms with Gasteiger partial charge in [-0.3, -0.25) is 0 Å². The van der Waals surface area contributed by atoms with Gasteiger partial charge in [0.15, 0.2) is 0 Å². The normalized spacial score (nSPS) is 12.9. The van der Waals surface area contributed by atoms with Crippen LogP contribution in [0.2, 0.25) is 0 Å². The van der Waals surface area contributed by atoms with Crippen molar-refractivity contribution in [3.63, 3.8) is 0 Å². The lowest BCUT2D eigenvalue weighted by Gasteiger charge is -2.09. The second-order valence-electron chi connectivity index (χ2n) is 4.97. The number of hydrogen-bond acceptors (Lipinski definition) is 3. The van der Waals surface area contributed by atoms with Crippen molar-refractivity contribution in [3.8, 4) is 0 Å². The second-order valence-corrected chi connectivity index (χ2v) is 6.09. The molecule has 2 aromatic heterocycles. The summed E-state index contributed by atoms with van der Waals surface area (Å²) in [5.41, 5.74) is 2.42. The number of para-hydroxylation sites is 1. The molecular formula is C16H19N3S. The summed E-state index contributed by atoms with van der Waals surface area (Å²) in [4.78, 5) is 4.68. The molecule has 4 heteroatoms. The predicted molar refractivity (Wildman–Crippen MR) is 85.2 cm³/mol. The van der Waals surface area contributed by atoms with Gasteiger partial charge >= 0.3 is 0 Å². The lowest BCUT2D eigenvalue weighted by atomic mass is 10.2. The van der Waals surface area contributed by atoms with Crippen molar-refractivity contribution in [3.05, 3.63) is 53.3 Å². The molecule has 3 aromatic rings. The molecule has 1 unspecified atom stereocenters. The van der Waals surface area contributed by atoms with Crippen LogP contribution in [0.1, 0.15) is 30.5 Å². The van der Waals surface area contributed by atoms with Crippen molar-refractivity contribution in [2.45, 2.75) is 26.4 Å². The monoisotopic (exact) mass is 285 g/mol. The average Bonchev–Trinajstić information content (AvgIpc) is 3.05. The Labute approximate surface area is 123 Å². The Morgan fingerprint density at radius 3 is 2.95 bits per heavy atom. The van der Waals surface area contributed by atoms with Gasteiger partial charge in [0, 0.05) is 18.4 Å². The Kier molecular flexibility index (Phi) is 3.85. The molecule has 1 atom stereocenters. The molecular weight excluding hydrogens is 266 g/mol. The molecule has 20 heavy (non-hydrogen) atoms. The summed E-state index contributed by atoms with van der Waals surface area (Å²) in [5, 5.41) is 4.59. The number of thiazole rings is 1. The maximum Gasteiger partial charge on any atom is 0.114 e. The fourth-order valence-electron chi connectivity index (χ4n) is 2.38. The van der Waals surface area contributed by atoms with Gasteiger partial charge < -0.3 is 9.88 Å². The van der Waals surface area contributed by atoms with Gasteiger partial charge in [0.25, 0.3) is 0 Å². The van der Waals surface area contributed by atoms with Crippen LogP contribution in [0.15, 0.2) is 42.7 Å². The van der Waals surface area contributed by atoms with Crippen LogP contribution in [0.4, 0.5) is 0 Å². The van der Waals surface area contributed by atoms with Gasteiger partial charge in [-0.2, -0.15) is 0 Å². The summed E-state index contributed by atoms with van der Waals surface area (Å²) in [6.07, 6.45) is 4.34. The quantitative estimate of drug-likeness (QED) is 0.772. The molecule has 0 aliphatic carbocycles. The number of rotatable bonds is 5. The first-order valence-corrected chi connectivity index (χ1v) is 7.81. The van der Waals surface area contributed by atoms with E-state index in [1.807, 2.05) is 6.07 Å². The molecule has 3 nitrogen and oxygen atoms in total. The minimum atomic E-state index is 0.400. The minimum Gasteiger partial charge on any atom is -0.347 e. The van der Waals surface area contributed by atoms with Gasteiger partial charge in [-0.25, -0.2) is 4.98 Å². The van der Waals surface area contributed by atoms with Crippen LogP contribution in [0.3, 0.4) is 0 Å². The molecule has 0 radical (unpaired) electrons. The zero-order chi connectivity index (χ0) is 13.9. The summed E-state index contributed by atoms with van der Waals surface area (Å²) >= 11 is 1.77. The molecule has 104 valence electrons. The Hall–Kier alpha value is -1.65. The number of benzene rings is 1. The van der Waals surface area contributed by atoms with Gasteiger partial charge in [0.2, 0.25) is 0 Å². The van der Waals surface area contributed by atoms with E-state index >= 15 is 0 Å². The van der Waals surface area contributed by atoms with Gasteiger partial charge in [-0.15, -0.1) is 11.3 Å². The van der Waals surface area contributed by atoms with Gasteiger partial charge in [-0.1, -0.05) is 19.1 Å². The van der Waals surface area contributed by atoms with Crippen molar-refractivity contribution < 1.29 is 0 Å². The molecule has 0 fully saturated rings. The fraction of sp³-hybridized carbons (Fsp3) is 0.312. The topological polar surface area (TPSA) is 29.9 Å². The summed E-state index contributed by atoms with van der Waals surface area (Å²) < 4.78 is 3.47. The number of hydrogen-bond donors (Lipinski definition) is 1. The van der Waals surface area contributed by atoms with E-state index in [0.29, 0.717) is 6.04 Å². The summed E-state index contributed by atoms with van der Waals surface area (Å²) in [6, 6.07) is 10.9. The smallest absolute Gasteiger partial charge is 0.114 e. The van der Waals surface area contributed by atoms with Crippen LogP contribution < -0.4 is 5.32 Å².